The zero-order chi connectivity index (χ0) is 21.9. The van der Waals surface area contributed by atoms with Crippen molar-refractivity contribution >= 4 is 23.8 Å². The van der Waals surface area contributed by atoms with Crippen molar-refractivity contribution in [1.82, 2.24) is 15.1 Å². The maximum Gasteiger partial charge on any atom is 0.334 e. The summed E-state index contributed by atoms with van der Waals surface area (Å²) in [5.74, 6) is 0.574. The van der Waals surface area contributed by atoms with Gasteiger partial charge in [0.05, 0.1) is 0 Å². The van der Waals surface area contributed by atoms with Gasteiger partial charge in [0.2, 0.25) is 5.91 Å². The van der Waals surface area contributed by atoms with Gasteiger partial charge in [-0.2, -0.15) is 0 Å². The van der Waals surface area contributed by atoms with Crippen LogP contribution in [0.4, 0.5) is 4.79 Å². The molecule has 5 amide bonds. The molecule has 0 aromatic rings. The van der Waals surface area contributed by atoms with Crippen LogP contribution in [0, 0.1) is 29.1 Å². The number of urea groups is 1. The number of carbonyl (C=O) groups is 4. The molecule has 0 aromatic carbocycles. The molecule has 0 unspecified atom stereocenters. The molecule has 3 atom stereocenters. The first-order chi connectivity index (χ1) is 14.8. The molecular formula is C24H35N3O4. The topological polar surface area (TPSA) is 86.8 Å². The van der Waals surface area contributed by atoms with Crippen LogP contribution in [0.1, 0.15) is 78.1 Å². The quantitative estimate of drug-likeness (QED) is 0.537. The van der Waals surface area contributed by atoms with Gasteiger partial charge in [-0.3, -0.25) is 19.3 Å². The Morgan fingerprint density at radius 2 is 1.58 bits per heavy atom. The van der Waals surface area contributed by atoms with Gasteiger partial charge < -0.3 is 5.32 Å². The van der Waals surface area contributed by atoms with E-state index in [1.165, 1.54) is 38.5 Å². The largest absolute Gasteiger partial charge is 0.352 e. The number of nitrogens with zero attached hydrogens (tertiary/aromatic N) is 2. The standard InChI is InChI=1S/C24H35N3O4/c1-14-5-3-4-6-19(14)27-22(30)21(29)26(23(27)31)13-20(28)25-15(2)24-10-16-7-17(11-24)9-18(8-16)12-24/h14-19H,3-13H2,1-2H3,(H,25,28)/t14-,15+,16?,17?,18?,19+,24?/m1/s1. The minimum Gasteiger partial charge on any atom is -0.352 e. The van der Waals surface area contributed by atoms with Crippen molar-refractivity contribution in [3.63, 3.8) is 0 Å². The smallest absolute Gasteiger partial charge is 0.334 e. The van der Waals surface area contributed by atoms with Crippen LogP contribution in [0.5, 0.6) is 0 Å². The molecule has 7 nitrogen and oxygen atoms in total. The Morgan fingerprint density at radius 3 is 2.16 bits per heavy atom. The molecule has 1 heterocycles. The molecule has 0 radical (unpaired) electrons. The average Bonchev–Trinajstić information content (AvgIpc) is 2.91. The predicted octanol–water partition coefficient (Wildman–Crippen LogP) is 3.08. The van der Waals surface area contributed by atoms with Gasteiger partial charge in [0.15, 0.2) is 0 Å². The van der Waals surface area contributed by atoms with E-state index in [0.29, 0.717) is 0 Å². The van der Waals surface area contributed by atoms with Crippen LogP contribution in [0.3, 0.4) is 0 Å². The van der Waals surface area contributed by atoms with Gasteiger partial charge in [-0.25, -0.2) is 9.69 Å². The highest BCUT2D eigenvalue weighted by molar-refractivity contribution is 6.45. The van der Waals surface area contributed by atoms with Crippen LogP contribution >= 0.6 is 0 Å². The highest BCUT2D eigenvalue weighted by atomic mass is 16.2. The molecule has 7 heteroatoms. The summed E-state index contributed by atoms with van der Waals surface area (Å²) in [7, 11) is 0. The number of amides is 5. The average molecular weight is 430 g/mol. The summed E-state index contributed by atoms with van der Waals surface area (Å²) in [5.41, 5.74) is 0.156. The molecule has 0 spiro atoms. The second-order valence-electron chi connectivity index (χ2n) is 11.2. The minimum atomic E-state index is -0.861. The first kappa shape index (κ1) is 21.0. The van der Waals surface area contributed by atoms with Crippen molar-refractivity contribution in [3.8, 4) is 0 Å². The molecule has 0 aromatic heterocycles. The molecule has 5 saturated carbocycles. The van der Waals surface area contributed by atoms with Crippen LogP contribution in [0.2, 0.25) is 0 Å². The van der Waals surface area contributed by atoms with Crippen molar-refractivity contribution in [3.05, 3.63) is 0 Å². The third-order valence-corrected chi connectivity index (χ3v) is 9.17. The van der Waals surface area contributed by atoms with Crippen LogP contribution in [0.15, 0.2) is 0 Å². The zero-order valence-corrected chi connectivity index (χ0v) is 18.8. The third kappa shape index (κ3) is 3.48. The maximum atomic E-state index is 12.9. The molecule has 5 aliphatic carbocycles. The summed E-state index contributed by atoms with van der Waals surface area (Å²) in [6.45, 7) is 3.74. The van der Waals surface area contributed by atoms with E-state index in [-0.39, 0.29) is 35.9 Å². The van der Waals surface area contributed by atoms with Gasteiger partial charge >= 0.3 is 17.8 Å². The molecule has 6 aliphatic rings. The van der Waals surface area contributed by atoms with Crippen LogP contribution in [-0.4, -0.2) is 52.2 Å². The zero-order valence-electron chi connectivity index (χ0n) is 18.8. The lowest BCUT2D eigenvalue weighted by molar-refractivity contribution is -0.145. The molecule has 1 N–H and O–H groups in total. The Morgan fingerprint density at radius 1 is 1.00 bits per heavy atom. The number of nitrogens with one attached hydrogen (secondary N) is 1. The fourth-order valence-electron chi connectivity index (χ4n) is 7.93. The van der Waals surface area contributed by atoms with E-state index in [4.69, 9.17) is 0 Å². The molecule has 1 saturated heterocycles. The van der Waals surface area contributed by atoms with Crippen molar-refractivity contribution < 1.29 is 19.2 Å². The number of hydrogen-bond acceptors (Lipinski definition) is 4. The van der Waals surface area contributed by atoms with E-state index in [0.717, 1.165) is 53.2 Å². The number of hydrogen-bond donors (Lipinski definition) is 1. The lowest BCUT2D eigenvalue weighted by atomic mass is 9.48. The molecule has 1 aliphatic heterocycles. The van der Waals surface area contributed by atoms with Crippen molar-refractivity contribution in [2.45, 2.75) is 90.1 Å². The highest BCUT2D eigenvalue weighted by Crippen LogP contribution is 2.61. The normalized spacial score (nSPS) is 40.6. The lowest BCUT2D eigenvalue weighted by Crippen LogP contribution is -2.57. The number of imide groups is 2. The summed E-state index contributed by atoms with van der Waals surface area (Å²) < 4.78 is 0. The predicted molar refractivity (Wildman–Crippen MR) is 114 cm³/mol. The maximum absolute atomic E-state index is 12.9. The Bertz CT molecular complexity index is 773. The van der Waals surface area contributed by atoms with Crippen molar-refractivity contribution in [2.24, 2.45) is 29.1 Å². The molecule has 6 rings (SSSR count). The first-order valence-electron chi connectivity index (χ1n) is 12.3. The molecule has 4 bridgehead atoms. The SMILES string of the molecule is C[C@@H]1CCCC[C@@H]1N1C(=O)C(=O)N(CC(=O)N[C@@H](C)C23CC4CC(CC(C4)C2)C3)C1=O. The number of carbonyl (C=O) groups excluding carboxylic acids is 4. The van der Waals surface area contributed by atoms with Gasteiger partial charge in [-0.1, -0.05) is 19.8 Å². The summed E-state index contributed by atoms with van der Waals surface area (Å²) in [5, 5.41) is 3.11. The van der Waals surface area contributed by atoms with Gasteiger partial charge in [-0.15, -0.1) is 0 Å². The number of rotatable bonds is 5. The molecule has 31 heavy (non-hydrogen) atoms. The van der Waals surface area contributed by atoms with Gasteiger partial charge in [0.25, 0.3) is 0 Å². The summed E-state index contributed by atoms with van der Waals surface area (Å²) >= 11 is 0. The van der Waals surface area contributed by atoms with Crippen molar-refractivity contribution in [2.75, 3.05) is 6.54 Å². The molecule has 6 fully saturated rings. The Kier molecular flexibility index (Phi) is 5.13. The summed E-state index contributed by atoms with van der Waals surface area (Å²) in [4.78, 5) is 52.9. The second kappa shape index (κ2) is 7.59. The second-order valence-corrected chi connectivity index (χ2v) is 11.2. The Hall–Kier alpha value is -1.92. The summed E-state index contributed by atoms with van der Waals surface area (Å²) in [6, 6.07) is -0.838. The minimum absolute atomic E-state index is 0.0198. The fraction of sp³-hybridized carbons (Fsp3) is 0.833. The molecular weight excluding hydrogens is 394 g/mol. The first-order valence-corrected chi connectivity index (χ1v) is 12.3. The third-order valence-electron chi connectivity index (χ3n) is 9.17. The Balaban J connectivity index is 1.24. The van der Waals surface area contributed by atoms with E-state index in [1.54, 1.807) is 0 Å². The van der Waals surface area contributed by atoms with E-state index < -0.39 is 17.8 Å². The Labute approximate surface area is 184 Å². The van der Waals surface area contributed by atoms with Crippen LogP contribution in [0.25, 0.3) is 0 Å². The van der Waals surface area contributed by atoms with Gasteiger partial charge in [0.1, 0.15) is 6.54 Å². The van der Waals surface area contributed by atoms with Gasteiger partial charge in [-0.05, 0) is 87.4 Å². The fourth-order valence-corrected chi connectivity index (χ4v) is 7.93. The highest BCUT2D eigenvalue weighted by Gasteiger charge is 2.54. The van der Waals surface area contributed by atoms with E-state index >= 15 is 0 Å². The van der Waals surface area contributed by atoms with E-state index in [9.17, 15) is 19.2 Å². The monoisotopic (exact) mass is 429 g/mol. The van der Waals surface area contributed by atoms with Gasteiger partial charge in [0, 0.05) is 12.1 Å². The van der Waals surface area contributed by atoms with Crippen LogP contribution < -0.4 is 5.32 Å². The molecule has 170 valence electrons. The lowest BCUT2D eigenvalue weighted by Gasteiger charge is -2.59. The van der Waals surface area contributed by atoms with E-state index in [1.807, 2.05) is 6.92 Å². The van der Waals surface area contributed by atoms with E-state index in [2.05, 4.69) is 12.2 Å². The summed E-state index contributed by atoms with van der Waals surface area (Å²) in [6.07, 6.45) is 11.2. The van der Waals surface area contributed by atoms with Crippen LogP contribution in [-0.2, 0) is 14.4 Å². The van der Waals surface area contributed by atoms with Crippen molar-refractivity contribution in [1.29, 1.82) is 0 Å².